The third-order valence-electron chi connectivity index (χ3n) is 2.40. The van der Waals surface area contributed by atoms with Crippen LogP contribution in [-0.2, 0) is 11.3 Å². The molecule has 0 aliphatic heterocycles. The standard InChI is InChI=1S/C11H12ClF2N5O/c12-8-3-7(4-9(15)5-8)11-16-17-18-19(11)1-2-20-6-10(13)14/h3-5,10H,1-2,6,15H2. The fourth-order valence-electron chi connectivity index (χ4n) is 1.63. The molecule has 0 unspecified atom stereocenters. The van der Waals surface area contributed by atoms with Gasteiger partial charge in [0.2, 0.25) is 0 Å². The predicted octanol–water partition coefficient (Wildman–Crippen LogP) is 1.86. The Morgan fingerprint density at radius 3 is 2.85 bits per heavy atom. The molecule has 1 aromatic carbocycles. The van der Waals surface area contributed by atoms with Crippen molar-refractivity contribution in [2.45, 2.75) is 13.0 Å². The van der Waals surface area contributed by atoms with E-state index in [1.807, 2.05) is 0 Å². The molecule has 0 aliphatic carbocycles. The molecule has 9 heteroatoms. The van der Waals surface area contributed by atoms with Crippen LogP contribution in [0.5, 0.6) is 0 Å². The number of halogens is 3. The maximum atomic E-state index is 11.9. The average molecular weight is 304 g/mol. The molecular weight excluding hydrogens is 292 g/mol. The Labute approximate surface area is 118 Å². The molecule has 0 atom stereocenters. The van der Waals surface area contributed by atoms with Gasteiger partial charge >= 0.3 is 0 Å². The summed E-state index contributed by atoms with van der Waals surface area (Å²) in [6.07, 6.45) is -2.49. The molecule has 0 spiro atoms. The van der Waals surface area contributed by atoms with Crippen LogP contribution in [0.25, 0.3) is 11.4 Å². The van der Waals surface area contributed by atoms with Crippen molar-refractivity contribution in [1.82, 2.24) is 20.2 Å². The number of benzene rings is 1. The third-order valence-corrected chi connectivity index (χ3v) is 2.62. The first-order valence-corrected chi connectivity index (χ1v) is 6.12. The van der Waals surface area contributed by atoms with E-state index in [9.17, 15) is 8.78 Å². The van der Waals surface area contributed by atoms with Gasteiger partial charge in [0.1, 0.15) is 6.61 Å². The topological polar surface area (TPSA) is 78.9 Å². The normalized spacial score (nSPS) is 11.2. The summed E-state index contributed by atoms with van der Waals surface area (Å²) in [6, 6.07) is 4.94. The molecule has 2 aromatic rings. The minimum atomic E-state index is -2.49. The van der Waals surface area contributed by atoms with Gasteiger partial charge in [-0.1, -0.05) is 11.6 Å². The lowest BCUT2D eigenvalue weighted by Gasteiger charge is -2.06. The highest BCUT2D eigenvalue weighted by atomic mass is 35.5. The monoisotopic (exact) mass is 303 g/mol. The summed E-state index contributed by atoms with van der Waals surface area (Å²) in [5.74, 6) is 0.444. The van der Waals surface area contributed by atoms with Crippen molar-refractivity contribution in [2.75, 3.05) is 18.9 Å². The number of tetrazole rings is 1. The Morgan fingerprint density at radius 1 is 1.35 bits per heavy atom. The highest BCUT2D eigenvalue weighted by molar-refractivity contribution is 6.31. The zero-order chi connectivity index (χ0) is 14.5. The second-order valence-corrected chi connectivity index (χ2v) is 4.40. The van der Waals surface area contributed by atoms with Crippen LogP contribution in [0.3, 0.4) is 0 Å². The number of aromatic nitrogens is 4. The lowest BCUT2D eigenvalue weighted by Crippen LogP contribution is -2.12. The van der Waals surface area contributed by atoms with E-state index in [0.717, 1.165) is 0 Å². The van der Waals surface area contributed by atoms with Gasteiger partial charge in [0.15, 0.2) is 5.82 Å². The second kappa shape index (κ2) is 6.58. The third kappa shape index (κ3) is 3.84. The zero-order valence-corrected chi connectivity index (χ0v) is 11.1. The molecule has 20 heavy (non-hydrogen) atoms. The highest BCUT2D eigenvalue weighted by Gasteiger charge is 2.10. The van der Waals surface area contributed by atoms with Crippen LogP contribution in [0.4, 0.5) is 14.5 Å². The van der Waals surface area contributed by atoms with E-state index >= 15 is 0 Å². The molecule has 0 saturated carbocycles. The lowest BCUT2D eigenvalue weighted by atomic mass is 10.2. The lowest BCUT2D eigenvalue weighted by molar-refractivity contribution is 0.0140. The largest absolute Gasteiger partial charge is 0.399 e. The van der Waals surface area contributed by atoms with E-state index in [1.54, 1.807) is 18.2 Å². The molecule has 0 amide bonds. The van der Waals surface area contributed by atoms with Gasteiger partial charge < -0.3 is 10.5 Å². The first-order valence-electron chi connectivity index (χ1n) is 5.75. The molecule has 0 aliphatic rings. The smallest absolute Gasteiger partial charge is 0.261 e. The summed E-state index contributed by atoms with van der Waals surface area (Å²) in [4.78, 5) is 0. The number of rotatable bonds is 6. The van der Waals surface area contributed by atoms with Gasteiger partial charge in [0.05, 0.1) is 13.2 Å². The van der Waals surface area contributed by atoms with Crippen LogP contribution in [-0.4, -0.2) is 39.8 Å². The Balaban J connectivity index is 2.08. The van der Waals surface area contributed by atoms with Crippen molar-refractivity contribution in [2.24, 2.45) is 0 Å². The number of nitrogen functional groups attached to an aromatic ring is 1. The summed E-state index contributed by atoms with van der Waals surface area (Å²) in [6.45, 7) is -0.276. The van der Waals surface area contributed by atoms with E-state index < -0.39 is 13.0 Å². The van der Waals surface area contributed by atoms with Crippen molar-refractivity contribution in [3.05, 3.63) is 23.2 Å². The summed E-state index contributed by atoms with van der Waals surface area (Å²) < 4.78 is 30.1. The maximum Gasteiger partial charge on any atom is 0.261 e. The molecule has 6 nitrogen and oxygen atoms in total. The van der Waals surface area contributed by atoms with Crippen LogP contribution in [0.15, 0.2) is 18.2 Å². The summed E-state index contributed by atoms with van der Waals surface area (Å²) in [7, 11) is 0. The van der Waals surface area contributed by atoms with Crippen molar-refractivity contribution in [3.63, 3.8) is 0 Å². The number of ether oxygens (including phenoxy) is 1. The molecule has 2 N–H and O–H groups in total. The fraction of sp³-hybridized carbons (Fsp3) is 0.364. The molecule has 0 saturated heterocycles. The van der Waals surface area contributed by atoms with Gasteiger partial charge in [0.25, 0.3) is 6.43 Å². The van der Waals surface area contributed by atoms with Gasteiger partial charge in [-0.15, -0.1) is 5.10 Å². The van der Waals surface area contributed by atoms with Crippen LogP contribution >= 0.6 is 11.6 Å². The molecule has 0 bridgehead atoms. The first-order chi connectivity index (χ1) is 9.56. The molecule has 1 heterocycles. The number of alkyl halides is 2. The molecule has 2 rings (SSSR count). The number of hydrogen-bond donors (Lipinski definition) is 1. The zero-order valence-electron chi connectivity index (χ0n) is 10.3. The van der Waals surface area contributed by atoms with Crippen LogP contribution in [0, 0.1) is 0 Å². The van der Waals surface area contributed by atoms with Crippen LogP contribution < -0.4 is 5.73 Å². The van der Waals surface area contributed by atoms with Crippen LogP contribution in [0.1, 0.15) is 0 Å². The second-order valence-electron chi connectivity index (χ2n) is 3.96. The molecule has 0 radical (unpaired) electrons. The fourth-order valence-corrected chi connectivity index (χ4v) is 1.87. The van der Waals surface area contributed by atoms with Gasteiger partial charge in [-0.25, -0.2) is 13.5 Å². The summed E-state index contributed by atoms with van der Waals surface area (Å²) in [5.41, 5.74) is 6.83. The van der Waals surface area contributed by atoms with Gasteiger partial charge in [-0.3, -0.25) is 0 Å². The van der Waals surface area contributed by atoms with E-state index in [1.165, 1.54) is 4.68 Å². The first kappa shape index (κ1) is 14.6. The summed E-state index contributed by atoms with van der Waals surface area (Å²) in [5, 5.41) is 11.6. The Bertz CT molecular complexity index is 557. The van der Waals surface area contributed by atoms with Crippen molar-refractivity contribution >= 4 is 17.3 Å². The number of hydrogen-bond acceptors (Lipinski definition) is 5. The number of anilines is 1. The van der Waals surface area contributed by atoms with Gasteiger partial charge in [-0.05, 0) is 28.6 Å². The average Bonchev–Trinajstić information content (AvgIpc) is 2.81. The van der Waals surface area contributed by atoms with Crippen molar-refractivity contribution in [1.29, 1.82) is 0 Å². The molecular formula is C11H12ClF2N5O. The SMILES string of the molecule is Nc1cc(Cl)cc(-c2nnnn2CCOCC(F)F)c1. The predicted molar refractivity (Wildman–Crippen MR) is 69.5 cm³/mol. The Hall–Kier alpha value is -1.80. The summed E-state index contributed by atoms with van der Waals surface area (Å²) >= 11 is 5.92. The van der Waals surface area contributed by atoms with Gasteiger partial charge in [0, 0.05) is 16.3 Å². The molecule has 0 fully saturated rings. The Kier molecular flexibility index (Phi) is 4.80. The van der Waals surface area contributed by atoms with Gasteiger partial charge in [-0.2, -0.15) is 0 Å². The number of nitrogens with two attached hydrogens (primary N) is 1. The number of nitrogens with zero attached hydrogens (tertiary/aromatic N) is 4. The quantitative estimate of drug-likeness (QED) is 0.651. The molecule has 108 valence electrons. The van der Waals surface area contributed by atoms with Crippen LogP contribution in [0.2, 0.25) is 5.02 Å². The van der Waals surface area contributed by atoms with E-state index in [-0.39, 0.29) is 13.2 Å². The van der Waals surface area contributed by atoms with E-state index in [2.05, 4.69) is 15.5 Å². The van der Waals surface area contributed by atoms with Crippen molar-refractivity contribution in [3.8, 4) is 11.4 Å². The van der Waals surface area contributed by atoms with E-state index in [4.69, 9.17) is 22.1 Å². The Morgan fingerprint density at radius 2 is 2.15 bits per heavy atom. The minimum Gasteiger partial charge on any atom is -0.399 e. The highest BCUT2D eigenvalue weighted by Crippen LogP contribution is 2.23. The molecule has 1 aromatic heterocycles. The maximum absolute atomic E-state index is 11.9. The van der Waals surface area contributed by atoms with E-state index in [0.29, 0.717) is 22.1 Å². The van der Waals surface area contributed by atoms with Crippen molar-refractivity contribution < 1.29 is 13.5 Å². The minimum absolute atomic E-state index is 0.0818.